The first-order chi connectivity index (χ1) is 16.2. The fraction of sp³-hybridized carbons (Fsp3) is 0.160. The quantitative estimate of drug-likeness (QED) is 0.299. The molecule has 0 bridgehead atoms. The number of carbonyl (C=O) groups excluding carboxylic acids is 1. The second-order valence-electron chi connectivity index (χ2n) is 7.40. The Hall–Kier alpha value is -3.52. The van der Waals surface area contributed by atoms with Gasteiger partial charge < -0.3 is 14.8 Å². The van der Waals surface area contributed by atoms with E-state index in [1.54, 1.807) is 37.3 Å². The minimum atomic E-state index is -4.51. The van der Waals surface area contributed by atoms with Crippen molar-refractivity contribution in [2.75, 3.05) is 11.9 Å². The number of halogens is 5. The highest BCUT2D eigenvalue weighted by atomic mass is 35.5. The Labute approximate surface area is 197 Å². The third-order valence-corrected chi connectivity index (χ3v) is 5.50. The summed E-state index contributed by atoms with van der Waals surface area (Å²) in [5.41, 5.74) is 0.608. The van der Waals surface area contributed by atoms with Gasteiger partial charge in [0.15, 0.2) is 11.5 Å². The molecule has 3 aromatic carbocycles. The van der Waals surface area contributed by atoms with E-state index < -0.39 is 23.5 Å². The van der Waals surface area contributed by atoms with Crippen LogP contribution in [-0.2, 0) is 17.6 Å². The number of anilines is 1. The van der Waals surface area contributed by atoms with Crippen molar-refractivity contribution in [3.63, 3.8) is 0 Å². The lowest BCUT2D eigenvalue weighted by Crippen LogP contribution is -2.06. The summed E-state index contributed by atoms with van der Waals surface area (Å²) in [6, 6.07) is 12.3. The molecule has 1 aliphatic rings. The molecule has 1 N–H and O–H groups in total. The molecule has 0 spiro atoms. The Morgan fingerprint density at radius 3 is 2.53 bits per heavy atom. The van der Waals surface area contributed by atoms with E-state index in [2.05, 4.69) is 5.32 Å². The van der Waals surface area contributed by atoms with E-state index in [1.165, 1.54) is 18.2 Å². The summed E-state index contributed by atoms with van der Waals surface area (Å²) in [6.07, 6.45) is -2.96. The molecule has 3 aromatic rings. The zero-order chi connectivity index (χ0) is 24.5. The molecule has 1 heterocycles. The highest BCUT2D eigenvalue weighted by molar-refractivity contribution is 6.35. The first-order valence-electron chi connectivity index (χ1n) is 10.2. The van der Waals surface area contributed by atoms with Crippen LogP contribution >= 0.6 is 11.6 Å². The number of carbonyl (C=O) groups is 1. The lowest BCUT2D eigenvalue weighted by atomic mass is 10.0. The second-order valence-corrected chi connectivity index (χ2v) is 7.81. The summed E-state index contributed by atoms with van der Waals surface area (Å²) in [6.45, 7) is 1.98. The predicted molar refractivity (Wildman–Crippen MR) is 121 cm³/mol. The van der Waals surface area contributed by atoms with Crippen LogP contribution in [0.3, 0.4) is 0 Å². The number of alkyl halides is 3. The van der Waals surface area contributed by atoms with Gasteiger partial charge in [-0.1, -0.05) is 29.8 Å². The fourth-order valence-electron chi connectivity index (χ4n) is 3.50. The fourth-order valence-corrected chi connectivity index (χ4v) is 3.72. The number of rotatable bonds is 6. The molecule has 176 valence electrons. The molecule has 4 nitrogen and oxygen atoms in total. The molecule has 0 aromatic heterocycles. The van der Waals surface area contributed by atoms with Crippen LogP contribution in [0.4, 0.5) is 23.2 Å². The molecule has 0 unspecified atom stereocenters. The summed E-state index contributed by atoms with van der Waals surface area (Å²) in [5, 5.41) is 2.70. The predicted octanol–water partition coefficient (Wildman–Crippen LogP) is 6.97. The summed E-state index contributed by atoms with van der Waals surface area (Å²) in [4.78, 5) is 12.4. The van der Waals surface area contributed by atoms with Crippen molar-refractivity contribution in [3.8, 4) is 11.5 Å². The number of hydrogen-bond acceptors (Lipinski definition) is 3. The number of nitrogens with one attached hydrogen (secondary N) is 1. The van der Waals surface area contributed by atoms with Crippen molar-refractivity contribution in [3.05, 3.63) is 87.7 Å². The molecular formula is C25H18ClF4NO3. The maximum Gasteiger partial charge on any atom is 0.416 e. The third kappa shape index (κ3) is 4.87. The van der Waals surface area contributed by atoms with Crippen LogP contribution in [0.2, 0.25) is 5.02 Å². The van der Waals surface area contributed by atoms with Crippen LogP contribution in [0.5, 0.6) is 11.5 Å². The van der Waals surface area contributed by atoms with Crippen LogP contribution in [0.15, 0.2) is 54.6 Å². The Balaban J connectivity index is 1.62. The molecule has 1 aliphatic heterocycles. The molecule has 34 heavy (non-hydrogen) atoms. The molecule has 0 saturated heterocycles. The van der Waals surface area contributed by atoms with E-state index in [0.29, 0.717) is 29.2 Å². The summed E-state index contributed by atoms with van der Waals surface area (Å²) in [7, 11) is 0. The van der Waals surface area contributed by atoms with Crippen molar-refractivity contribution < 1.29 is 31.8 Å². The number of hydrogen-bond donors (Lipinski definition) is 1. The molecule has 9 heteroatoms. The number of benzene rings is 3. The van der Waals surface area contributed by atoms with Gasteiger partial charge in [-0.25, -0.2) is 4.39 Å². The average molecular weight is 492 g/mol. The van der Waals surface area contributed by atoms with Crippen molar-refractivity contribution in [1.29, 1.82) is 0 Å². The molecule has 4 rings (SSSR count). The van der Waals surface area contributed by atoms with Gasteiger partial charge in [0.25, 0.3) is 5.91 Å². The number of fused-ring (bicyclic) bond motifs is 1. The van der Waals surface area contributed by atoms with Crippen LogP contribution < -0.4 is 14.8 Å². The SMILES string of the molecule is CCOc1cc(/C=C2/C(=O)Nc3cc(C(F)(F)F)ccc32)ccc1OCc1c(F)cccc1Cl. The molecule has 0 atom stereocenters. The van der Waals surface area contributed by atoms with Crippen LogP contribution in [0.25, 0.3) is 11.6 Å². The van der Waals surface area contributed by atoms with Crippen LogP contribution in [-0.4, -0.2) is 12.5 Å². The van der Waals surface area contributed by atoms with Gasteiger partial charge >= 0.3 is 6.18 Å². The maximum atomic E-state index is 14.0. The monoisotopic (exact) mass is 491 g/mol. The summed E-state index contributed by atoms with van der Waals surface area (Å²) < 4.78 is 64.4. The number of amides is 1. The summed E-state index contributed by atoms with van der Waals surface area (Å²) >= 11 is 6.05. The Morgan fingerprint density at radius 2 is 1.82 bits per heavy atom. The minimum Gasteiger partial charge on any atom is -0.490 e. The number of ether oxygens (including phenoxy) is 2. The molecular weight excluding hydrogens is 474 g/mol. The highest BCUT2D eigenvalue weighted by Gasteiger charge is 2.33. The molecule has 0 radical (unpaired) electrons. The van der Waals surface area contributed by atoms with E-state index in [-0.39, 0.29) is 28.5 Å². The van der Waals surface area contributed by atoms with Gasteiger partial charge in [-0.2, -0.15) is 13.2 Å². The van der Waals surface area contributed by atoms with Gasteiger partial charge in [-0.3, -0.25) is 4.79 Å². The van der Waals surface area contributed by atoms with E-state index in [1.807, 2.05) is 0 Å². The zero-order valence-electron chi connectivity index (χ0n) is 17.8. The molecule has 1 amide bonds. The first kappa shape index (κ1) is 23.6. The smallest absolute Gasteiger partial charge is 0.416 e. The van der Waals surface area contributed by atoms with E-state index in [9.17, 15) is 22.4 Å². The van der Waals surface area contributed by atoms with E-state index >= 15 is 0 Å². The Bertz CT molecular complexity index is 1270. The maximum absolute atomic E-state index is 14.0. The van der Waals surface area contributed by atoms with Gasteiger partial charge in [-0.15, -0.1) is 0 Å². The second kappa shape index (κ2) is 9.38. The molecule has 0 fully saturated rings. The first-order valence-corrected chi connectivity index (χ1v) is 10.6. The van der Waals surface area contributed by atoms with Gasteiger partial charge in [0, 0.05) is 22.4 Å². The lowest BCUT2D eigenvalue weighted by Gasteiger charge is -2.14. The van der Waals surface area contributed by atoms with Crippen molar-refractivity contribution in [2.24, 2.45) is 0 Å². The van der Waals surface area contributed by atoms with Gasteiger partial charge in [0.05, 0.1) is 17.2 Å². The lowest BCUT2D eigenvalue weighted by molar-refractivity contribution is -0.137. The Morgan fingerprint density at radius 1 is 1.03 bits per heavy atom. The molecule has 0 saturated carbocycles. The van der Waals surface area contributed by atoms with Crippen molar-refractivity contribution in [1.82, 2.24) is 0 Å². The zero-order valence-corrected chi connectivity index (χ0v) is 18.6. The topological polar surface area (TPSA) is 47.6 Å². The minimum absolute atomic E-state index is 0.0952. The summed E-state index contributed by atoms with van der Waals surface area (Å²) in [5.74, 6) is -0.307. The van der Waals surface area contributed by atoms with E-state index in [4.69, 9.17) is 21.1 Å². The van der Waals surface area contributed by atoms with Gasteiger partial charge in [-0.05, 0) is 55.0 Å². The largest absolute Gasteiger partial charge is 0.490 e. The Kier molecular flexibility index (Phi) is 6.52. The average Bonchev–Trinajstić information content (AvgIpc) is 3.08. The normalized spacial score (nSPS) is 14.2. The van der Waals surface area contributed by atoms with E-state index in [0.717, 1.165) is 12.1 Å². The van der Waals surface area contributed by atoms with Crippen molar-refractivity contribution >= 4 is 34.8 Å². The third-order valence-electron chi connectivity index (χ3n) is 5.14. The highest BCUT2D eigenvalue weighted by Crippen LogP contribution is 2.39. The van der Waals surface area contributed by atoms with Crippen LogP contribution in [0, 0.1) is 5.82 Å². The standard InChI is InChI=1S/C25H18ClF4NO3/c1-2-33-23-11-14(6-9-22(23)34-13-18-19(26)4-3-5-20(18)27)10-17-16-8-7-15(25(28,29)30)12-21(16)31-24(17)32/h3-12H,2,13H2,1H3,(H,31,32)/b17-10+. The van der Waals surface area contributed by atoms with Crippen LogP contribution in [0.1, 0.15) is 29.2 Å². The van der Waals surface area contributed by atoms with Gasteiger partial charge in [0.1, 0.15) is 12.4 Å². The molecule has 0 aliphatic carbocycles. The van der Waals surface area contributed by atoms with Gasteiger partial charge in [0.2, 0.25) is 0 Å². The van der Waals surface area contributed by atoms with Crippen molar-refractivity contribution in [2.45, 2.75) is 19.7 Å².